The highest BCUT2D eigenvalue weighted by atomic mass is 16.5. The number of ether oxygens (including phenoxy) is 1. The quantitative estimate of drug-likeness (QED) is 0.697. The Balaban J connectivity index is 1.47. The van der Waals surface area contributed by atoms with E-state index in [9.17, 15) is 9.59 Å². The molecule has 0 aliphatic carbocycles. The first-order valence-electron chi connectivity index (χ1n) is 9.11. The van der Waals surface area contributed by atoms with Gasteiger partial charge in [0.05, 0.1) is 24.5 Å². The highest BCUT2D eigenvalue weighted by molar-refractivity contribution is 5.92. The van der Waals surface area contributed by atoms with Crippen molar-refractivity contribution < 1.29 is 14.3 Å². The van der Waals surface area contributed by atoms with Crippen molar-refractivity contribution in [2.45, 2.75) is 31.0 Å². The van der Waals surface area contributed by atoms with Gasteiger partial charge in [-0.3, -0.25) is 9.59 Å². The van der Waals surface area contributed by atoms with E-state index in [-0.39, 0.29) is 29.8 Å². The summed E-state index contributed by atoms with van der Waals surface area (Å²) in [6, 6.07) is 0. The van der Waals surface area contributed by atoms with Crippen molar-refractivity contribution >= 4 is 11.8 Å². The third kappa shape index (κ3) is 2.39. The second-order valence-electron chi connectivity index (χ2n) is 7.79. The molecule has 2 bridgehead atoms. The Labute approximate surface area is 143 Å². The molecule has 0 radical (unpaired) electrons. The van der Waals surface area contributed by atoms with Crippen LogP contribution in [0.4, 0.5) is 0 Å². The molecule has 0 saturated carbocycles. The Kier molecular flexibility index (Phi) is 3.92. The van der Waals surface area contributed by atoms with Crippen molar-refractivity contribution in [2.24, 2.45) is 11.8 Å². The molecule has 0 unspecified atom stereocenters. The van der Waals surface area contributed by atoms with Gasteiger partial charge in [0.15, 0.2) is 0 Å². The zero-order valence-corrected chi connectivity index (χ0v) is 14.6. The molecule has 0 aromatic rings. The van der Waals surface area contributed by atoms with Crippen LogP contribution < -0.4 is 0 Å². The van der Waals surface area contributed by atoms with Gasteiger partial charge in [-0.05, 0) is 25.9 Å². The van der Waals surface area contributed by atoms with Crippen LogP contribution in [0.3, 0.4) is 0 Å². The van der Waals surface area contributed by atoms with E-state index in [1.54, 1.807) is 19.0 Å². The molecule has 3 saturated heterocycles. The molecule has 4 heterocycles. The van der Waals surface area contributed by atoms with E-state index in [0.29, 0.717) is 6.54 Å². The Morgan fingerprint density at radius 2 is 2.04 bits per heavy atom. The van der Waals surface area contributed by atoms with Crippen molar-refractivity contribution in [3.8, 4) is 0 Å². The van der Waals surface area contributed by atoms with Crippen LogP contribution in [0.2, 0.25) is 0 Å². The van der Waals surface area contributed by atoms with Crippen LogP contribution in [0.5, 0.6) is 0 Å². The predicted molar refractivity (Wildman–Crippen MR) is 89.3 cm³/mol. The minimum atomic E-state index is -0.569. The van der Waals surface area contributed by atoms with E-state index in [4.69, 9.17) is 4.74 Å². The first kappa shape index (κ1) is 16.1. The fourth-order valence-corrected chi connectivity index (χ4v) is 4.79. The fraction of sp³-hybridized carbons (Fsp3) is 0.778. The Bertz CT molecular complexity index is 570. The molecule has 2 amide bonds. The van der Waals surface area contributed by atoms with E-state index >= 15 is 0 Å². The number of amides is 2. The van der Waals surface area contributed by atoms with Gasteiger partial charge in [0.1, 0.15) is 5.60 Å². The van der Waals surface area contributed by atoms with Gasteiger partial charge in [-0.15, -0.1) is 0 Å². The van der Waals surface area contributed by atoms with Gasteiger partial charge in [-0.25, -0.2) is 0 Å². The summed E-state index contributed by atoms with van der Waals surface area (Å²) < 4.78 is 6.13. The molecule has 6 heteroatoms. The lowest BCUT2D eigenvalue weighted by Gasteiger charge is -2.29. The minimum absolute atomic E-state index is 0.00227. The topological polar surface area (TPSA) is 53.1 Å². The van der Waals surface area contributed by atoms with E-state index in [1.165, 1.54) is 19.3 Å². The van der Waals surface area contributed by atoms with E-state index < -0.39 is 5.60 Å². The van der Waals surface area contributed by atoms with Gasteiger partial charge in [0.2, 0.25) is 11.8 Å². The second kappa shape index (κ2) is 5.85. The summed E-state index contributed by atoms with van der Waals surface area (Å²) in [5, 5.41) is 0. The summed E-state index contributed by atoms with van der Waals surface area (Å²) in [7, 11) is 3.50. The predicted octanol–water partition coefficient (Wildman–Crippen LogP) is 0.343. The third-order valence-electron chi connectivity index (χ3n) is 6.04. The molecular formula is C18H27N3O3. The highest BCUT2D eigenvalue weighted by Gasteiger charge is 2.66. The van der Waals surface area contributed by atoms with Crippen LogP contribution in [0.25, 0.3) is 0 Å². The molecule has 4 aliphatic heterocycles. The number of carbonyl (C=O) groups excluding carboxylic acids is 2. The third-order valence-corrected chi connectivity index (χ3v) is 6.04. The Morgan fingerprint density at radius 3 is 2.75 bits per heavy atom. The lowest BCUT2D eigenvalue weighted by molar-refractivity contribution is -0.141. The van der Waals surface area contributed by atoms with Gasteiger partial charge >= 0.3 is 0 Å². The summed E-state index contributed by atoms with van der Waals surface area (Å²) in [6.07, 6.45) is 7.60. The molecule has 4 atom stereocenters. The Hall–Kier alpha value is -1.40. The van der Waals surface area contributed by atoms with Crippen LogP contribution in [0.1, 0.15) is 19.3 Å². The zero-order valence-electron chi connectivity index (χ0n) is 14.6. The SMILES string of the molecule is CN(C)C(=O)[C@@H]1[C@@H]2C=C[C@@]3(CN(CCN4CCCCC4)C(=O)[C@H]13)O2. The second-order valence-corrected chi connectivity index (χ2v) is 7.79. The molecular weight excluding hydrogens is 306 g/mol. The minimum Gasteiger partial charge on any atom is -0.360 e. The first-order valence-corrected chi connectivity index (χ1v) is 9.11. The van der Waals surface area contributed by atoms with E-state index in [0.717, 1.165) is 26.2 Å². The monoisotopic (exact) mass is 333 g/mol. The summed E-state index contributed by atoms with van der Waals surface area (Å²) in [4.78, 5) is 31.5. The smallest absolute Gasteiger partial charge is 0.230 e. The largest absolute Gasteiger partial charge is 0.360 e. The summed E-state index contributed by atoms with van der Waals surface area (Å²) in [5.41, 5.74) is -0.569. The maximum absolute atomic E-state index is 13.0. The molecule has 1 spiro atoms. The normalized spacial score (nSPS) is 38.0. The molecule has 132 valence electrons. The van der Waals surface area contributed by atoms with Gasteiger partial charge in [0.25, 0.3) is 0 Å². The van der Waals surface area contributed by atoms with Gasteiger partial charge in [-0.1, -0.05) is 18.6 Å². The number of likely N-dealkylation sites (tertiary alicyclic amines) is 2. The van der Waals surface area contributed by atoms with Gasteiger partial charge in [-0.2, -0.15) is 0 Å². The molecule has 4 aliphatic rings. The standard InChI is InChI=1S/C18H27N3O3/c1-19(2)16(22)14-13-6-7-18(24-13)12-21(17(23)15(14)18)11-10-20-8-4-3-5-9-20/h6-7,13-15H,3-5,8-12H2,1-2H3/t13-,14+,15-,18-/m0/s1. The fourth-order valence-electron chi connectivity index (χ4n) is 4.79. The van der Waals surface area contributed by atoms with E-state index in [2.05, 4.69) is 4.90 Å². The number of piperidine rings is 1. The number of rotatable bonds is 4. The van der Waals surface area contributed by atoms with Gasteiger partial charge in [0, 0.05) is 27.2 Å². The molecule has 4 rings (SSSR count). The van der Waals surface area contributed by atoms with Crippen LogP contribution in [0.15, 0.2) is 12.2 Å². The van der Waals surface area contributed by atoms with Crippen molar-refractivity contribution in [3.05, 3.63) is 12.2 Å². The van der Waals surface area contributed by atoms with Crippen molar-refractivity contribution in [2.75, 3.05) is 46.8 Å². The maximum Gasteiger partial charge on any atom is 0.230 e. The van der Waals surface area contributed by atoms with Crippen LogP contribution in [0, 0.1) is 11.8 Å². The average molecular weight is 333 g/mol. The number of hydrogen-bond acceptors (Lipinski definition) is 4. The zero-order chi connectivity index (χ0) is 16.9. The van der Waals surface area contributed by atoms with Crippen molar-refractivity contribution in [1.29, 1.82) is 0 Å². The average Bonchev–Trinajstić information content (AvgIpc) is 3.21. The maximum atomic E-state index is 13.0. The number of carbonyl (C=O) groups is 2. The lowest BCUT2D eigenvalue weighted by atomic mass is 9.76. The lowest BCUT2D eigenvalue weighted by Crippen LogP contribution is -2.44. The molecule has 0 aromatic carbocycles. The first-order chi connectivity index (χ1) is 11.5. The van der Waals surface area contributed by atoms with E-state index in [1.807, 2.05) is 17.1 Å². The van der Waals surface area contributed by atoms with Gasteiger partial charge < -0.3 is 19.4 Å². The molecule has 6 nitrogen and oxygen atoms in total. The highest BCUT2D eigenvalue weighted by Crippen LogP contribution is 2.52. The summed E-state index contributed by atoms with van der Waals surface area (Å²) in [6.45, 7) is 4.53. The molecule has 0 aromatic heterocycles. The molecule has 24 heavy (non-hydrogen) atoms. The number of nitrogens with zero attached hydrogens (tertiary/aromatic N) is 3. The van der Waals surface area contributed by atoms with Crippen LogP contribution >= 0.6 is 0 Å². The summed E-state index contributed by atoms with van der Waals surface area (Å²) >= 11 is 0. The number of fused-ring (bicyclic) bond motifs is 1. The number of hydrogen-bond donors (Lipinski definition) is 0. The van der Waals surface area contributed by atoms with Crippen LogP contribution in [-0.2, 0) is 14.3 Å². The molecule has 3 fully saturated rings. The van der Waals surface area contributed by atoms with Crippen LogP contribution in [-0.4, -0.2) is 85.0 Å². The Morgan fingerprint density at radius 1 is 1.29 bits per heavy atom. The van der Waals surface area contributed by atoms with Crippen molar-refractivity contribution in [3.63, 3.8) is 0 Å². The summed E-state index contributed by atoms with van der Waals surface area (Å²) in [5.74, 6) is -0.609. The van der Waals surface area contributed by atoms with Crippen molar-refractivity contribution in [1.82, 2.24) is 14.7 Å². The molecule has 0 N–H and O–H groups in total.